The molecule has 1 aromatic carbocycles. The van der Waals surface area contributed by atoms with Crippen molar-refractivity contribution in [3.8, 4) is 17.0 Å². The van der Waals surface area contributed by atoms with Crippen LogP contribution in [0.5, 0.6) is 5.75 Å². The Morgan fingerprint density at radius 3 is 2.72 bits per heavy atom. The third-order valence-corrected chi connectivity index (χ3v) is 6.61. The molecular weight excluding hydrogens is 489 g/mol. The number of aromatic nitrogens is 3. The van der Waals surface area contributed by atoms with Crippen LogP contribution in [0.15, 0.2) is 29.2 Å². The van der Waals surface area contributed by atoms with Gasteiger partial charge >= 0.3 is 12.1 Å². The third kappa shape index (κ3) is 3.96. The molecule has 1 amide bonds. The Hall–Kier alpha value is -2.97. The van der Waals surface area contributed by atoms with Crippen LogP contribution in [0.25, 0.3) is 22.3 Å². The number of halogens is 3. The maximum Gasteiger partial charge on any atom is 0.445 e. The molecule has 1 aliphatic heterocycles. The van der Waals surface area contributed by atoms with Gasteiger partial charge in [0.25, 0.3) is 5.91 Å². The zero-order valence-corrected chi connectivity index (χ0v) is 18.4. The zero-order chi connectivity index (χ0) is 23.2. The number of methoxy groups -OCH3 is 1. The lowest BCUT2D eigenvalue weighted by Gasteiger charge is -2.10. The van der Waals surface area contributed by atoms with Crippen LogP contribution in [0.1, 0.15) is 10.7 Å². The van der Waals surface area contributed by atoms with Gasteiger partial charge in [-0.2, -0.15) is 13.2 Å². The minimum Gasteiger partial charge on any atom is -0.496 e. The summed E-state index contributed by atoms with van der Waals surface area (Å²) in [5.41, 5.74) is 0.832. The van der Waals surface area contributed by atoms with Crippen molar-refractivity contribution < 1.29 is 32.6 Å². The minimum absolute atomic E-state index is 0.0255. The first-order valence-corrected chi connectivity index (χ1v) is 10.7. The molecule has 4 rings (SSSR count). The van der Waals surface area contributed by atoms with Gasteiger partial charge in [-0.05, 0) is 18.2 Å². The van der Waals surface area contributed by atoms with Crippen LogP contribution in [0.3, 0.4) is 0 Å². The fourth-order valence-electron chi connectivity index (χ4n) is 2.94. The summed E-state index contributed by atoms with van der Waals surface area (Å²) >= 11 is 6.28. The van der Waals surface area contributed by atoms with Gasteiger partial charge in [-0.1, -0.05) is 47.4 Å². The normalized spacial score (nSPS) is 15.9. The molecule has 2 aromatic heterocycles. The highest BCUT2D eigenvalue weighted by Gasteiger charge is 2.38. The molecule has 1 aliphatic rings. The van der Waals surface area contributed by atoms with E-state index in [4.69, 9.17) is 22.1 Å². The van der Waals surface area contributed by atoms with Gasteiger partial charge in [0.2, 0.25) is 9.97 Å². The molecule has 0 aliphatic carbocycles. The SMILES string of the molecule is COc1ccccc1-c1nc2sc(C(F)(F)F)nn2c1/C=C1\SC(=S)N(CC(=O)O)C1=O. The Balaban J connectivity index is 1.91. The second-order valence-corrected chi connectivity index (χ2v) is 8.94. The molecular formula is C18H11F3N4O4S3. The average Bonchev–Trinajstić information content (AvgIpc) is 3.36. The summed E-state index contributed by atoms with van der Waals surface area (Å²) in [7, 11) is 1.44. The molecule has 14 heteroatoms. The standard InChI is InChI=1S/C18H11F3N4O4S3/c1-29-10-5-3-2-4-8(10)13-9(25-16(22-13)32-15(23-25)18(19,20)21)6-11-14(28)24(7-12(26)27)17(30)31-11/h2-6H,7H2,1H3,(H,26,27)/b11-6-. The number of nitrogens with zero attached hydrogens (tertiary/aromatic N) is 4. The number of rotatable bonds is 5. The number of imidazole rings is 1. The number of alkyl halides is 3. The number of carboxylic acids is 1. The number of fused-ring (bicyclic) bond motifs is 1. The van der Waals surface area contributed by atoms with E-state index in [2.05, 4.69) is 10.1 Å². The van der Waals surface area contributed by atoms with E-state index in [0.29, 0.717) is 22.6 Å². The van der Waals surface area contributed by atoms with Crippen molar-refractivity contribution in [3.63, 3.8) is 0 Å². The molecule has 166 valence electrons. The summed E-state index contributed by atoms with van der Waals surface area (Å²) in [5.74, 6) is -1.50. The fraction of sp³-hybridized carbons (Fsp3) is 0.167. The van der Waals surface area contributed by atoms with Crippen molar-refractivity contribution in [1.82, 2.24) is 19.5 Å². The molecule has 3 aromatic rings. The highest BCUT2D eigenvalue weighted by molar-refractivity contribution is 8.26. The van der Waals surface area contributed by atoms with E-state index in [9.17, 15) is 22.8 Å². The lowest BCUT2D eigenvalue weighted by Crippen LogP contribution is -2.33. The number of ether oxygens (including phenoxy) is 1. The maximum absolute atomic E-state index is 13.2. The third-order valence-electron chi connectivity index (χ3n) is 4.28. The first kappa shape index (κ1) is 22.2. The molecule has 1 saturated heterocycles. The number of hydrogen-bond acceptors (Lipinski definition) is 8. The van der Waals surface area contributed by atoms with E-state index in [1.165, 1.54) is 13.2 Å². The van der Waals surface area contributed by atoms with Crippen molar-refractivity contribution >= 4 is 62.6 Å². The van der Waals surface area contributed by atoms with Crippen molar-refractivity contribution in [1.29, 1.82) is 0 Å². The summed E-state index contributed by atoms with van der Waals surface area (Å²) in [6.45, 7) is -0.627. The fourth-order valence-corrected chi connectivity index (χ4v) is 4.95. The summed E-state index contributed by atoms with van der Waals surface area (Å²) in [6, 6.07) is 6.75. The zero-order valence-electron chi connectivity index (χ0n) is 15.9. The van der Waals surface area contributed by atoms with Crippen LogP contribution in [0, 0.1) is 0 Å². The van der Waals surface area contributed by atoms with Crippen molar-refractivity contribution in [2.75, 3.05) is 13.7 Å². The number of thiocarbonyl (C=S) groups is 1. The highest BCUT2D eigenvalue weighted by Crippen LogP contribution is 2.39. The Kier molecular flexibility index (Phi) is 5.68. The number of thioether (sulfide) groups is 1. The monoisotopic (exact) mass is 500 g/mol. The molecule has 1 N–H and O–H groups in total. The first-order valence-electron chi connectivity index (χ1n) is 8.67. The molecule has 0 spiro atoms. The molecule has 3 heterocycles. The summed E-state index contributed by atoms with van der Waals surface area (Å²) < 4.78 is 46.0. The van der Waals surface area contributed by atoms with Gasteiger partial charge in [-0.15, -0.1) is 5.10 Å². The Labute approximate surface area is 191 Å². The van der Waals surface area contributed by atoms with Gasteiger partial charge in [0.1, 0.15) is 22.3 Å². The molecule has 0 radical (unpaired) electrons. The van der Waals surface area contributed by atoms with Crippen molar-refractivity contribution in [3.05, 3.63) is 39.9 Å². The summed E-state index contributed by atoms with van der Waals surface area (Å²) in [4.78, 5) is 28.9. The number of carbonyl (C=O) groups excluding carboxylic acids is 1. The molecule has 0 saturated carbocycles. The molecule has 1 fully saturated rings. The number of para-hydroxylation sites is 1. The van der Waals surface area contributed by atoms with Gasteiger partial charge in [0.15, 0.2) is 0 Å². The van der Waals surface area contributed by atoms with E-state index in [1.54, 1.807) is 24.3 Å². The Bertz CT molecular complexity index is 1300. The van der Waals surface area contributed by atoms with Crippen LogP contribution in [0.4, 0.5) is 13.2 Å². The van der Waals surface area contributed by atoms with Crippen LogP contribution < -0.4 is 4.74 Å². The predicted molar refractivity (Wildman–Crippen MR) is 115 cm³/mol. The van der Waals surface area contributed by atoms with Gasteiger partial charge in [0.05, 0.1) is 17.7 Å². The predicted octanol–water partition coefficient (Wildman–Crippen LogP) is 3.77. The van der Waals surface area contributed by atoms with Gasteiger partial charge in [0, 0.05) is 5.56 Å². The number of hydrogen-bond donors (Lipinski definition) is 1. The van der Waals surface area contributed by atoms with Crippen LogP contribution in [-0.2, 0) is 15.8 Å². The lowest BCUT2D eigenvalue weighted by molar-refractivity contribution is -0.140. The first-order chi connectivity index (χ1) is 15.1. The highest BCUT2D eigenvalue weighted by atomic mass is 32.2. The number of benzene rings is 1. The van der Waals surface area contributed by atoms with Gasteiger partial charge in [-0.3, -0.25) is 14.5 Å². The van der Waals surface area contributed by atoms with Gasteiger partial charge < -0.3 is 9.84 Å². The molecule has 0 atom stereocenters. The second-order valence-electron chi connectivity index (χ2n) is 6.31. The van der Waals surface area contributed by atoms with Crippen LogP contribution >= 0.6 is 35.3 Å². The Morgan fingerprint density at radius 1 is 1.34 bits per heavy atom. The van der Waals surface area contributed by atoms with Crippen molar-refractivity contribution in [2.45, 2.75) is 6.18 Å². The van der Waals surface area contributed by atoms with Crippen molar-refractivity contribution in [2.24, 2.45) is 0 Å². The van der Waals surface area contributed by atoms with Crippen LogP contribution in [-0.4, -0.2) is 54.5 Å². The smallest absolute Gasteiger partial charge is 0.445 e. The largest absolute Gasteiger partial charge is 0.496 e. The number of carbonyl (C=O) groups is 2. The molecule has 0 unspecified atom stereocenters. The Morgan fingerprint density at radius 2 is 2.06 bits per heavy atom. The molecule has 0 bridgehead atoms. The van der Waals surface area contributed by atoms with E-state index in [0.717, 1.165) is 21.2 Å². The molecule has 8 nitrogen and oxygen atoms in total. The topological polar surface area (TPSA) is 97.0 Å². The van der Waals surface area contributed by atoms with E-state index in [-0.39, 0.29) is 25.6 Å². The summed E-state index contributed by atoms with van der Waals surface area (Å²) in [5, 5.41) is 11.5. The number of amides is 1. The van der Waals surface area contributed by atoms with E-state index in [1.807, 2.05) is 0 Å². The minimum atomic E-state index is -4.67. The number of carboxylic acid groups (broad SMARTS) is 1. The quantitative estimate of drug-likeness (QED) is 0.418. The van der Waals surface area contributed by atoms with Gasteiger partial charge in [-0.25, -0.2) is 9.50 Å². The molecule has 32 heavy (non-hydrogen) atoms. The van der Waals surface area contributed by atoms with E-state index >= 15 is 0 Å². The lowest BCUT2D eigenvalue weighted by atomic mass is 10.1. The van der Waals surface area contributed by atoms with E-state index < -0.39 is 29.6 Å². The average molecular weight is 501 g/mol. The second kappa shape index (κ2) is 8.18. The number of aliphatic carboxylic acids is 1. The summed E-state index contributed by atoms with van der Waals surface area (Å²) in [6.07, 6.45) is -3.36. The van der Waals surface area contributed by atoms with Crippen LogP contribution in [0.2, 0.25) is 0 Å². The maximum atomic E-state index is 13.2.